The fourth-order valence-corrected chi connectivity index (χ4v) is 2.86. The van der Waals surface area contributed by atoms with E-state index in [1.54, 1.807) is 0 Å². The normalized spacial score (nSPS) is 11.3. The lowest BCUT2D eigenvalue weighted by Crippen LogP contribution is -2.42. The van der Waals surface area contributed by atoms with E-state index in [1.165, 1.54) is 5.56 Å². The molecular formula is C18H27NO3. The van der Waals surface area contributed by atoms with Crippen LogP contribution in [-0.4, -0.2) is 23.5 Å². The standard InChI is InChI=1S/C18H27NO3/c1-6-18(7-2,17(21)22)11-19-16(20)10-15-13(4)8-12(3)9-14(15)5/h8-9H,6-7,10-11H2,1-5H3,(H,19,20)(H,21,22). The van der Waals surface area contributed by atoms with Crippen molar-refractivity contribution in [1.29, 1.82) is 0 Å². The highest BCUT2D eigenvalue weighted by Crippen LogP contribution is 2.25. The smallest absolute Gasteiger partial charge is 0.311 e. The van der Waals surface area contributed by atoms with Gasteiger partial charge in [-0.3, -0.25) is 9.59 Å². The molecule has 0 unspecified atom stereocenters. The van der Waals surface area contributed by atoms with E-state index >= 15 is 0 Å². The Balaban J connectivity index is 2.78. The third kappa shape index (κ3) is 4.09. The van der Waals surface area contributed by atoms with Crippen LogP contribution in [0.4, 0.5) is 0 Å². The van der Waals surface area contributed by atoms with E-state index < -0.39 is 11.4 Å². The number of carboxylic acids is 1. The number of benzene rings is 1. The molecule has 0 fully saturated rings. The first-order valence-electron chi connectivity index (χ1n) is 7.82. The lowest BCUT2D eigenvalue weighted by atomic mass is 9.82. The molecule has 1 rings (SSSR count). The molecule has 0 aliphatic rings. The van der Waals surface area contributed by atoms with E-state index in [-0.39, 0.29) is 12.5 Å². The third-order valence-electron chi connectivity index (χ3n) is 4.61. The van der Waals surface area contributed by atoms with Crippen molar-refractivity contribution < 1.29 is 14.7 Å². The van der Waals surface area contributed by atoms with Crippen molar-refractivity contribution in [2.24, 2.45) is 5.41 Å². The van der Waals surface area contributed by atoms with Crippen molar-refractivity contribution in [1.82, 2.24) is 5.32 Å². The topological polar surface area (TPSA) is 66.4 Å². The largest absolute Gasteiger partial charge is 0.481 e. The van der Waals surface area contributed by atoms with Crippen molar-refractivity contribution in [2.45, 2.75) is 53.9 Å². The molecule has 22 heavy (non-hydrogen) atoms. The van der Waals surface area contributed by atoms with E-state index in [9.17, 15) is 14.7 Å². The summed E-state index contributed by atoms with van der Waals surface area (Å²) in [6.07, 6.45) is 1.30. The lowest BCUT2D eigenvalue weighted by molar-refractivity contribution is -0.149. The Hall–Kier alpha value is -1.84. The number of hydrogen-bond donors (Lipinski definition) is 2. The number of aliphatic carboxylic acids is 1. The highest BCUT2D eigenvalue weighted by molar-refractivity contribution is 5.81. The molecule has 0 aliphatic carbocycles. The number of carboxylic acid groups (broad SMARTS) is 1. The van der Waals surface area contributed by atoms with Gasteiger partial charge < -0.3 is 10.4 Å². The Labute approximate surface area is 132 Å². The minimum Gasteiger partial charge on any atom is -0.481 e. The zero-order valence-electron chi connectivity index (χ0n) is 14.2. The molecule has 0 radical (unpaired) electrons. The number of hydrogen-bond acceptors (Lipinski definition) is 2. The molecule has 0 atom stereocenters. The molecule has 0 saturated heterocycles. The lowest BCUT2D eigenvalue weighted by Gasteiger charge is -2.27. The Kier molecular flexibility index (Phi) is 6.15. The van der Waals surface area contributed by atoms with Crippen LogP contribution in [0.3, 0.4) is 0 Å². The molecule has 0 heterocycles. The molecule has 0 spiro atoms. The fourth-order valence-electron chi connectivity index (χ4n) is 2.86. The van der Waals surface area contributed by atoms with Crippen LogP contribution in [0, 0.1) is 26.2 Å². The predicted octanol–water partition coefficient (Wildman–Crippen LogP) is 3.16. The molecule has 0 aliphatic heterocycles. The second-order valence-electron chi connectivity index (χ2n) is 6.12. The maximum atomic E-state index is 12.2. The Morgan fingerprint density at radius 2 is 1.59 bits per heavy atom. The molecule has 2 N–H and O–H groups in total. The van der Waals surface area contributed by atoms with Gasteiger partial charge in [-0.2, -0.15) is 0 Å². The van der Waals surface area contributed by atoms with Crippen LogP contribution in [-0.2, 0) is 16.0 Å². The van der Waals surface area contributed by atoms with Crippen LogP contribution in [0.5, 0.6) is 0 Å². The van der Waals surface area contributed by atoms with Crippen molar-refractivity contribution >= 4 is 11.9 Å². The summed E-state index contributed by atoms with van der Waals surface area (Å²) in [4.78, 5) is 23.6. The molecule has 4 heteroatoms. The molecule has 0 bridgehead atoms. The van der Waals surface area contributed by atoms with E-state index in [1.807, 2.05) is 34.6 Å². The zero-order valence-corrected chi connectivity index (χ0v) is 14.2. The molecule has 1 aromatic rings. The number of carbonyl (C=O) groups excluding carboxylic acids is 1. The minimum absolute atomic E-state index is 0.123. The van der Waals surface area contributed by atoms with Crippen molar-refractivity contribution in [3.05, 3.63) is 34.4 Å². The van der Waals surface area contributed by atoms with Crippen LogP contribution in [0.15, 0.2) is 12.1 Å². The molecule has 122 valence electrons. The highest BCUT2D eigenvalue weighted by Gasteiger charge is 2.35. The minimum atomic E-state index is -0.868. The predicted molar refractivity (Wildman–Crippen MR) is 88.0 cm³/mol. The van der Waals surface area contributed by atoms with Crippen LogP contribution in [0.2, 0.25) is 0 Å². The van der Waals surface area contributed by atoms with Gasteiger partial charge in [-0.15, -0.1) is 0 Å². The summed E-state index contributed by atoms with van der Waals surface area (Å²) < 4.78 is 0. The SMILES string of the molecule is CCC(CC)(CNC(=O)Cc1c(C)cc(C)cc1C)C(=O)O. The van der Waals surface area contributed by atoms with Crippen LogP contribution in [0.25, 0.3) is 0 Å². The summed E-state index contributed by atoms with van der Waals surface area (Å²) in [5.41, 5.74) is 3.54. The molecule has 4 nitrogen and oxygen atoms in total. The fraction of sp³-hybridized carbons (Fsp3) is 0.556. The number of nitrogens with one attached hydrogen (secondary N) is 1. The van der Waals surface area contributed by atoms with Crippen molar-refractivity contribution in [3.63, 3.8) is 0 Å². The molecule has 0 saturated carbocycles. The van der Waals surface area contributed by atoms with E-state index in [0.29, 0.717) is 19.3 Å². The Morgan fingerprint density at radius 3 is 2.00 bits per heavy atom. The van der Waals surface area contributed by atoms with Crippen molar-refractivity contribution in [2.75, 3.05) is 6.54 Å². The number of amides is 1. The van der Waals surface area contributed by atoms with Gasteiger partial charge in [-0.05, 0) is 50.3 Å². The van der Waals surface area contributed by atoms with Gasteiger partial charge in [-0.25, -0.2) is 0 Å². The second kappa shape index (κ2) is 7.43. The van der Waals surface area contributed by atoms with Crippen LogP contribution >= 0.6 is 0 Å². The first kappa shape index (κ1) is 18.2. The van der Waals surface area contributed by atoms with Gasteiger partial charge in [0.2, 0.25) is 5.91 Å². The van der Waals surface area contributed by atoms with E-state index in [2.05, 4.69) is 17.4 Å². The van der Waals surface area contributed by atoms with Gasteiger partial charge in [0.05, 0.1) is 11.8 Å². The van der Waals surface area contributed by atoms with Gasteiger partial charge in [0.1, 0.15) is 0 Å². The summed E-state index contributed by atoms with van der Waals surface area (Å²) in [6, 6.07) is 4.13. The second-order valence-corrected chi connectivity index (χ2v) is 6.12. The van der Waals surface area contributed by atoms with Gasteiger partial charge in [0, 0.05) is 6.54 Å². The maximum Gasteiger partial charge on any atom is 0.311 e. The molecule has 1 amide bonds. The van der Waals surface area contributed by atoms with E-state index in [4.69, 9.17) is 0 Å². The summed E-state index contributed by atoms with van der Waals surface area (Å²) in [7, 11) is 0. The average molecular weight is 305 g/mol. The van der Waals surface area contributed by atoms with Crippen LogP contribution in [0.1, 0.15) is 48.9 Å². The quantitative estimate of drug-likeness (QED) is 0.813. The molecular weight excluding hydrogens is 278 g/mol. The Bertz CT molecular complexity index is 536. The van der Waals surface area contributed by atoms with Gasteiger partial charge >= 0.3 is 5.97 Å². The van der Waals surface area contributed by atoms with E-state index in [0.717, 1.165) is 16.7 Å². The summed E-state index contributed by atoms with van der Waals surface area (Å²) >= 11 is 0. The average Bonchev–Trinajstić information content (AvgIpc) is 2.44. The van der Waals surface area contributed by atoms with Gasteiger partial charge in [0.15, 0.2) is 0 Å². The first-order chi connectivity index (χ1) is 10.3. The number of carbonyl (C=O) groups is 2. The van der Waals surface area contributed by atoms with Gasteiger partial charge in [-0.1, -0.05) is 31.5 Å². The van der Waals surface area contributed by atoms with Crippen LogP contribution < -0.4 is 5.32 Å². The number of aryl methyl sites for hydroxylation is 3. The monoisotopic (exact) mass is 305 g/mol. The first-order valence-corrected chi connectivity index (χ1v) is 7.82. The number of rotatable bonds is 7. The summed E-state index contributed by atoms with van der Waals surface area (Å²) in [6.45, 7) is 9.91. The van der Waals surface area contributed by atoms with Crippen molar-refractivity contribution in [3.8, 4) is 0 Å². The zero-order chi connectivity index (χ0) is 16.9. The summed E-state index contributed by atoms with van der Waals surface area (Å²) in [5.74, 6) is -0.969. The maximum absolute atomic E-state index is 12.2. The highest BCUT2D eigenvalue weighted by atomic mass is 16.4. The Morgan fingerprint density at radius 1 is 1.09 bits per heavy atom. The third-order valence-corrected chi connectivity index (χ3v) is 4.61. The molecule has 1 aromatic carbocycles. The van der Waals surface area contributed by atoms with Gasteiger partial charge in [0.25, 0.3) is 0 Å². The molecule has 0 aromatic heterocycles. The summed E-state index contributed by atoms with van der Waals surface area (Å²) in [5, 5.41) is 12.2.